The normalized spacial score (nSPS) is 10.6. The molecule has 0 aliphatic rings. The van der Waals surface area contributed by atoms with E-state index in [4.69, 9.17) is 0 Å². The number of hydrogen-bond acceptors (Lipinski definition) is 2. The molecule has 0 aromatic heterocycles. The van der Waals surface area contributed by atoms with Crippen molar-refractivity contribution in [2.75, 3.05) is 19.6 Å². The van der Waals surface area contributed by atoms with Gasteiger partial charge in [-0.3, -0.25) is 4.79 Å². The fourth-order valence-electron chi connectivity index (χ4n) is 1.37. The fraction of sp³-hybridized carbons (Fsp3) is 0.357. The molecular formula is C14H20N2O. The molecule has 0 spiro atoms. The number of benzene rings is 1. The van der Waals surface area contributed by atoms with Crippen LogP contribution in [0.25, 0.3) is 6.08 Å². The van der Waals surface area contributed by atoms with Crippen molar-refractivity contribution in [1.82, 2.24) is 10.6 Å². The zero-order valence-corrected chi connectivity index (χ0v) is 10.3. The Kier molecular flexibility index (Phi) is 6.75. The highest BCUT2D eigenvalue weighted by Crippen LogP contribution is 2.00. The topological polar surface area (TPSA) is 41.1 Å². The van der Waals surface area contributed by atoms with Crippen molar-refractivity contribution in [3.63, 3.8) is 0 Å². The van der Waals surface area contributed by atoms with Crippen LogP contribution in [0, 0.1) is 0 Å². The van der Waals surface area contributed by atoms with Crippen molar-refractivity contribution in [2.24, 2.45) is 0 Å². The number of carbonyl (C=O) groups excluding carboxylic acids is 1. The zero-order chi connectivity index (χ0) is 12.3. The van der Waals surface area contributed by atoms with Gasteiger partial charge in [0.2, 0.25) is 5.91 Å². The number of carbonyl (C=O) groups is 1. The first-order valence-electron chi connectivity index (χ1n) is 6.04. The molecule has 17 heavy (non-hydrogen) atoms. The quantitative estimate of drug-likeness (QED) is 0.556. The van der Waals surface area contributed by atoms with Crippen molar-refractivity contribution < 1.29 is 4.79 Å². The summed E-state index contributed by atoms with van der Waals surface area (Å²) in [6.07, 6.45) is 4.49. The van der Waals surface area contributed by atoms with E-state index in [2.05, 4.69) is 17.6 Å². The Morgan fingerprint density at radius 2 is 1.94 bits per heavy atom. The van der Waals surface area contributed by atoms with Crippen molar-refractivity contribution in [2.45, 2.75) is 13.3 Å². The summed E-state index contributed by atoms with van der Waals surface area (Å²) in [4.78, 5) is 11.4. The van der Waals surface area contributed by atoms with Crippen LogP contribution in [0.2, 0.25) is 0 Å². The predicted octanol–water partition coefficient (Wildman–Crippen LogP) is 1.82. The molecule has 1 amide bonds. The summed E-state index contributed by atoms with van der Waals surface area (Å²) in [5.74, 6) is -0.0489. The lowest BCUT2D eigenvalue weighted by atomic mass is 10.2. The number of amides is 1. The summed E-state index contributed by atoms with van der Waals surface area (Å²) >= 11 is 0. The molecule has 1 aromatic carbocycles. The summed E-state index contributed by atoms with van der Waals surface area (Å²) in [7, 11) is 0. The molecular weight excluding hydrogens is 212 g/mol. The van der Waals surface area contributed by atoms with E-state index < -0.39 is 0 Å². The number of hydrogen-bond donors (Lipinski definition) is 2. The second-order valence-electron chi connectivity index (χ2n) is 3.79. The molecule has 0 bridgehead atoms. The van der Waals surface area contributed by atoms with Crippen molar-refractivity contribution in [3.05, 3.63) is 42.0 Å². The fourth-order valence-corrected chi connectivity index (χ4v) is 1.37. The second kappa shape index (κ2) is 8.53. The van der Waals surface area contributed by atoms with Crippen LogP contribution in [0.4, 0.5) is 0 Å². The summed E-state index contributed by atoms with van der Waals surface area (Å²) in [5.41, 5.74) is 1.03. The van der Waals surface area contributed by atoms with E-state index in [0.29, 0.717) is 6.54 Å². The highest BCUT2D eigenvalue weighted by Gasteiger charge is 1.93. The zero-order valence-electron chi connectivity index (χ0n) is 10.3. The summed E-state index contributed by atoms with van der Waals surface area (Å²) in [6, 6.07) is 9.79. The van der Waals surface area contributed by atoms with Gasteiger partial charge in [0.05, 0.1) is 0 Å². The Morgan fingerprint density at radius 3 is 2.65 bits per heavy atom. The number of rotatable bonds is 7. The van der Waals surface area contributed by atoms with Gasteiger partial charge in [-0.05, 0) is 24.6 Å². The standard InChI is InChI=1S/C14H20N2O/c1-2-10-15-11-12-16-14(17)9-8-13-6-4-3-5-7-13/h3-9,15H,2,10-12H2,1H3,(H,16,17). The molecule has 1 rings (SSSR count). The van der Waals surface area contributed by atoms with E-state index >= 15 is 0 Å². The lowest BCUT2D eigenvalue weighted by Gasteiger charge is -2.03. The van der Waals surface area contributed by atoms with Crippen LogP contribution in [0.3, 0.4) is 0 Å². The van der Waals surface area contributed by atoms with Crippen molar-refractivity contribution >= 4 is 12.0 Å². The third-order valence-corrected chi connectivity index (χ3v) is 2.25. The molecule has 0 saturated heterocycles. The van der Waals surface area contributed by atoms with Crippen LogP contribution in [-0.4, -0.2) is 25.5 Å². The van der Waals surface area contributed by atoms with E-state index in [1.165, 1.54) is 0 Å². The Hall–Kier alpha value is -1.61. The molecule has 0 radical (unpaired) electrons. The molecule has 0 saturated carbocycles. The van der Waals surface area contributed by atoms with Gasteiger partial charge < -0.3 is 10.6 Å². The SMILES string of the molecule is CCCNCCNC(=O)C=Cc1ccccc1. The molecule has 3 nitrogen and oxygen atoms in total. The predicted molar refractivity (Wildman–Crippen MR) is 71.6 cm³/mol. The van der Waals surface area contributed by atoms with Gasteiger partial charge in [-0.2, -0.15) is 0 Å². The van der Waals surface area contributed by atoms with Gasteiger partial charge in [0.15, 0.2) is 0 Å². The minimum atomic E-state index is -0.0489. The minimum absolute atomic E-state index is 0.0489. The largest absolute Gasteiger partial charge is 0.351 e. The summed E-state index contributed by atoms with van der Waals surface area (Å²) in [6.45, 7) is 4.60. The Morgan fingerprint density at radius 1 is 1.18 bits per heavy atom. The molecule has 0 aliphatic heterocycles. The molecule has 92 valence electrons. The first-order chi connectivity index (χ1) is 8.33. The van der Waals surface area contributed by atoms with Crippen LogP contribution in [0.15, 0.2) is 36.4 Å². The third kappa shape index (κ3) is 6.53. The van der Waals surface area contributed by atoms with E-state index in [1.54, 1.807) is 6.08 Å². The van der Waals surface area contributed by atoms with E-state index in [9.17, 15) is 4.79 Å². The first kappa shape index (κ1) is 13.5. The molecule has 3 heteroatoms. The maximum atomic E-state index is 11.4. The minimum Gasteiger partial charge on any atom is -0.351 e. The summed E-state index contributed by atoms with van der Waals surface area (Å²) < 4.78 is 0. The van der Waals surface area contributed by atoms with Crippen molar-refractivity contribution in [1.29, 1.82) is 0 Å². The average molecular weight is 232 g/mol. The molecule has 0 fully saturated rings. The lowest BCUT2D eigenvalue weighted by molar-refractivity contribution is -0.116. The maximum Gasteiger partial charge on any atom is 0.244 e. The molecule has 2 N–H and O–H groups in total. The molecule has 0 unspecified atom stereocenters. The monoisotopic (exact) mass is 232 g/mol. The van der Waals surface area contributed by atoms with E-state index in [1.807, 2.05) is 36.4 Å². The molecule has 0 atom stereocenters. The third-order valence-electron chi connectivity index (χ3n) is 2.25. The van der Waals surface area contributed by atoms with Crippen LogP contribution in [-0.2, 0) is 4.79 Å². The van der Waals surface area contributed by atoms with Gasteiger partial charge >= 0.3 is 0 Å². The Balaban J connectivity index is 2.19. The van der Waals surface area contributed by atoms with Crippen LogP contribution in [0.1, 0.15) is 18.9 Å². The van der Waals surface area contributed by atoms with Crippen molar-refractivity contribution in [3.8, 4) is 0 Å². The van der Waals surface area contributed by atoms with Gasteiger partial charge in [-0.1, -0.05) is 37.3 Å². The lowest BCUT2D eigenvalue weighted by Crippen LogP contribution is -2.30. The van der Waals surface area contributed by atoms with E-state index in [0.717, 1.165) is 25.1 Å². The van der Waals surface area contributed by atoms with Gasteiger partial charge in [-0.15, -0.1) is 0 Å². The molecule has 0 heterocycles. The maximum absolute atomic E-state index is 11.4. The second-order valence-corrected chi connectivity index (χ2v) is 3.79. The van der Waals surface area contributed by atoms with Crippen LogP contribution >= 0.6 is 0 Å². The molecule has 0 aliphatic carbocycles. The Bertz CT molecular complexity index is 346. The average Bonchev–Trinajstić information content (AvgIpc) is 2.37. The van der Waals surface area contributed by atoms with Gasteiger partial charge in [-0.25, -0.2) is 0 Å². The van der Waals surface area contributed by atoms with Gasteiger partial charge in [0.25, 0.3) is 0 Å². The highest BCUT2D eigenvalue weighted by molar-refractivity contribution is 5.91. The van der Waals surface area contributed by atoms with Gasteiger partial charge in [0, 0.05) is 19.2 Å². The highest BCUT2D eigenvalue weighted by atomic mass is 16.1. The smallest absolute Gasteiger partial charge is 0.244 e. The van der Waals surface area contributed by atoms with Crippen LogP contribution in [0.5, 0.6) is 0 Å². The van der Waals surface area contributed by atoms with E-state index in [-0.39, 0.29) is 5.91 Å². The summed E-state index contributed by atoms with van der Waals surface area (Å²) in [5, 5.41) is 6.05. The van der Waals surface area contributed by atoms with Crippen LogP contribution < -0.4 is 10.6 Å². The molecule has 1 aromatic rings. The Labute approximate surface area is 103 Å². The van der Waals surface area contributed by atoms with Gasteiger partial charge in [0.1, 0.15) is 0 Å². The first-order valence-corrected chi connectivity index (χ1v) is 6.04. The number of nitrogens with one attached hydrogen (secondary N) is 2.